The van der Waals surface area contributed by atoms with Crippen molar-refractivity contribution in [3.8, 4) is 11.5 Å². The van der Waals surface area contributed by atoms with Gasteiger partial charge in [-0.15, -0.1) is 0 Å². The van der Waals surface area contributed by atoms with E-state index in [0.29, 0.717) is 47.1 Å². The van der Waals surface area contributed by atoms with Crippen LogP contribution in [0.25, 0.3) is 0 Å². The van der Waals surface area contributed by atoms with Gasteiger partial charge in [-0.05, 0) is 73.1 Å². The minimum atomic E-state index is -1.04. The fraction of sp³-hybridized carbons (Fsp3) is 0.333. The quantitative estimate of drug-likeness (QED) is 0.397. The van der Waals surface area contributed by atoms with Crippen molar-refractivity contribution >= 4 is 29.3 Å². The summed E-state index contributed by atoms with van der Waals surface area (Å²) < 4.78 is 5.99. The van der Waals surface area contributed by atoms with Crippen molar-refractivity contribution in [1.82, 2.24) is 10.6 Å². The maximum absolute atomic E-state index is 13.3. The fourth-order valence-electron chi connectivity index (χ4n) is 6.37. The summed E-state index contributed by atoms with van der Waals surface area (Å²) in [5.74, 6) is -0.155. The number of amides is 4. The third-order valence-corrected chi connectivity index (χ3v) is 8.50. The van der Waals surface area contributed by atoms with Crippen molar-refractivity contribution in [2.24, 2.45) is 17.3 Å². The van der Waals surface area contributed by atoms with Gasteiger partial charge in [0.25, 0.3) is 23.6 Å². The largest absolute Gasteiger partial charge is 0.457 e. The SMILES string of the molecule is CC(C)C1CCC(C)(C2=CC(=O)NC2=O)C(C2=CC(=O)NC2=O)(c2ccc(Oc3ccc(N)cc3)cc2)C1. The Balaban J connectivity index is 1.68. The highest BCUT2D eigenvalue weighted by atomic mass is 16.5. The molecule has 3 aliphatic rings. The number of imide groups is 2. The molecule has 0 radical (unpaired) electrons. The van der Waals surface area contributed by atoms with Crippen LogP contribution in [0.5, 0.6) is 11.5 Å². The van der Waals surface area contributed by atoms with Crippen molar-refractivity contribution in [1.29, 1.82) is 0 Å². The Labute approximate surface area is 221 Å². The van der Waals surface area contributed by atoms with E-state index in [1.54, 1.807) is 24.3 Å². The number of nitrogens with two attached hydrogens (primary N) is 1. The molecule has 2 aliphatic heterocycles. The second-order valence-corrected chi connectivity index (χ2v) is 10.9. The summed E-state index contributed by atoms with van der Waals surface area (Å²) in [6.45, 7) is 6.21. The molecule has 2 aromatic rings. The van der Waals surface area contributed by atoms with Crippen LogP contribution in [0.4, 0.5) is 5.69 Å². The number of ether oxygens (including phenoxy) is 1. The lowest BCUT2D eigenvalue weighted by atomic mass is 9.46. The van der Waals surface area contributed by atoms with Gasteiger partial charge in [0.2, 0.25) is 0 Å². The zero-order valence-electron chi connectivity index (χ0n) is 21.7. The standard InChI is InChI=1S/C30H31N3O5/c1-17(2)18-12-13-29(3,23-14-25(34)32-27(23)36)30(16-18,24-15-26(35)33-28(24)37)19-4-8-21(9-5-19)38-22-10-6-20(31)7-11-22/h4-11,14-15,17-18H,12-13,16,31H2,1-3H3,(H,32,34,36)(H,33,35,37). The molecule has 1 saturated carbocycles. The second-order valence-electron chi connectivity index (χ2n) is 10.9. The number of nitrogen functional groups attached to an aromatic ring is 1. The number of rotatable bonds is 6. The summed E-state index contributed by atoms with van der Waals surface area (Å²) in [5.41, 5.74) is 5.87. The Hall–Kier alpha value is -4.20. The first kappa shape index (κ1) is 25.4. The van der Waals surface area contributed by atoms with Crippen molar-refractivity contribution < 1.29 is 23.9 Å². The van der Waals surface area contributed by atoms with E-state index in [9.17, 15) is 19.2 Å². The van der Waals surface area contributed by atoms with E-state index in [1.807, 2.05) is 31.2 Å². The van der Waals surface area contributed by atoms with Gasteiger partial charge in [0.05, 0.1) is 0 Å². The van der Waals surface area contributed by atoms with E-state index in [0.717, 1.165) is 12.0 Å². The van der Waals surface area contributed by atoms with Crippen LogP contribution in [0.15, 0.2) is 71.8 Å². The van der Waals surface area contributed by atoms with Gasteiger partial charge < -0.3 is 10.5 Å². The number of hydrogen-bond acceptors (Lipinski definition) is 6. The first-order chi connectivity index (χ1) is 18.0. The highest BCUT2D eigenvalue weighted by molar-refractivity contribution is 6.19. The minimum absolute atomic E-state index is 0.221. The Morgan fingerprint density at radius 1 is 0.842 bits per heavy atom. The maximum Gasteiger partial charge on any atom is 0.255 e. The molecule has 4 amide bonds. The molecule has 8 heteroatoms. The molecule has 2 heterocycles. The average Bonchev–Trinajstić information content (AvgIpc) is 3.40. The van der Waals surface area contributed by atoms with Crippen LogP contribution < -0.4 is 21.1 Å². The van der Waals surface area contributed by atoms with E-state index in [-0.39, 0.29) is 5.92 Å². The molecule has 0 aromatic heterocycles. The van der Waals surface area contributed by atoms with Crippen LogP contribution >= 0.6 is 0 Å². The molecule has 0 saturated heterocycles. The summed E-state index contributed by atoms with van der Waals surface area (Å²) >= 11 is 0. The summed E-state index contributed by atoms with van der Waals surface area (Å²) in [5, 5.41) is 4.78. The van der Waals surface area contributed by atoms with Crippen LogP contribution in [0, 0.1) is 17.3 Å². The van der Waals surface area contributed by atoms with Gasteiger partial charge in [-0.2, -0.15) is 0 Å². The lowest BCUT2D eigenvalue weighted by Crippen LogP contribution is -2.54. The lowest BCUT2D eigenvalue weighted by molar-refractivity contribution is -0.127. The maximum atomic E-state index is 13.3. The molecule has 1 fully saturated rings. The molecule has 4 N–H and O–H groups in total. The van der Waals surface area contributed by atoms with Gasteiger partial charge >= 0.3 is 0 Å². The smallest absolute Gasteiger partial charge is 0.255 e. The molecule has 0 spiro atoms. The van der Waals surface area contributed by atoms with E-state index in [2.05, 4.69) is 24.5 Å². The highest BCUT2D eigenvalue weighted by Gasteiger charge is 2.61. The molecule has 2 aromatic carbocycles. The Morgan fingerprint density at radius 3 is 1.87 bits per heavy atom. The van der Waals surface area contributed by atoms with Gasteiger partial charge in [-0.25, -0.2) is 0 Å². The summed E-state index contributed by atoms with van der Waals surface area (Å²) in [6.07, 6.45) is 4.61. The van der Waals surface area contributed by atoms with E-state index in [4.69, 9.17) is 10.5 Å². The molecule has 196 valence electrons. The normalized spacial score (nSPS) is 27.2. The molecule has 0 bridgehead atoms. The fourth-order valence-corrected chi connectivity index (χ4v) is 6.37. The Kier molecular flexibility index (Phi) is 6.21. The van der Waals surface area contributed by atoms with Gasteiger partial charge in [-0.1, -0.05) is 32.9 Å². The van der Waals surface area contributed by atoms with Crippen molar-refractivity contribution in [3.05, 3.63) is 77.4 Å². The van der Waals surface area contributed by atoms with E-state index < -0.39 is 34.5 Å². The van der Waals surface area contributed by atoms with Gasteiger partial charge in [0, 0.05) is 39.8 Å². The zero-order chi connectivity index (χ0) is 27.2. The monoisotopic (exact) mass is 513 g/mol. The van der Waals surface area contributed by atoms with Crippen LogP contribution in [-0.4, -0.2) is 23.6 Å². The van der Waals surface area contributed by atoms with Gasteiger partial charge in [0.1, 0.15) is 11.5 Å². The highest BCUT2D eigenvalue weighted by Crippen LogP contribution is 2.62. The predicted octanol–water partition coefficient (Wildman–Crippen LogP) is 3.93. The van der Waals surface area contributed by atoms with Crippen LogP contribution in [0.3, 0.4) is 0 Å². The number of nitrogens with one attached hydrogen (secondary N) is 2. The van der Waals surface area contributed by atoms with E-state index >= 15 is 0 Å². The van der Waals surface area contributed by atoms with Crippen molar-refractivity contribution in [2.75, 3.05) is 5.73 Å². The third-order valence-electron chi connectivity index (χ3n) is 8.50. The zero-order valence-corrected chi connectivity index (χ0v) is 21.7. The minimum Gasteiger partial charge on any atom is -0.457 e. The summed E-state index contributed by atoms with van der Waals surface area (Å²) in [6, 6.07) is 14.5. The Bertz CT molecular complexity index is 1390. The van der Waals surface area contributed by atoms with Crippen molar-refractivity contribution in [3.63, 3.8) is 0 Å². The Morgan fingerprint density at radius 2 is 1.37 bits per heavy atom. The van der Waals surface area contributed by atoms with Crippen LogP contribution in [0.2, 0.25) is 0 Å². The first-order valence-electron chi connectivity index (χ1n) is 12.8. The van der Waals surface area contributed by atoms with E-state index in [1.165, 1.54) is 12.2 Å². The molecule has 1 aliphatic carbocycles. The second kappa shape index (κ2) is 9.28. The molecular formula is C30H31N3O5. The van der Waals surface area contributed by atoms with Gasteiger partial charge in [0.15, 0.2) is 0 Å². The van der Waals surface area contributed by atoms with Crippen LogP contribution in [0.1, 0.15) is 45.6 Å². The first-order valence-corrected chi connectivity index (χ1v) is 12.8. The number of hydrogen-bond donors (Lipinski definition) is 3. The molecule has 8 nitrogen and oxygen atoms in total. The van der Waals surface area contributed by atoms with Gasteiger partial charge in [-0.3, -0.25) is 29.8 Å². The average molecular weight is 514 g/mol. The lowest BCUT2D eigenvalue weighted by Gasteiger charge is -2.55. The summed E-state index contributed by atoms with van der Waals surface area (Å²) in [7, 11) is 0. The number of carbonyl (C=O) groups excluding carboxylic acids is 4. The molecule has 5 rings (SSSR count). The number of anilines is 1. The molecule has 3 atom stereocenters. The number of carbonyl (C=O) groups is 4. The van der Waals surface area contributed by atoms with Crippen molar-refractivity contribution in [2.45, 2.75) is 45.4 Å². The third kappa shape index (κ3) is 4.10. The molecule has 38 heavy (non-hydrogen) atoms. The molecule has 3 unspecified atom stereocenters. The summed E-state index contributed by atoms with van der Waals surface area (Å²) in [4.78, 5) is 51.1. The molecular weight excluding hydrogens is 482 g/mol. The predicted molar refractivity (Wildman–Crippen MR) is 142 cm³/mol. The topological polar surface area (TPSA) is 128 Å². The van der Waals surface area contributed by atoms with Crippen LogP contribution in [-0.2, 0) is 24.6 Å². The number of benzene rings is 2.